The van der Waals surface area contributed by atoms with Gasteiger partial charge in [0, 0.05) is 28.8 Å². The monoisotopic (exact) mass is 422 g/mol. The molecule has 152 valence electrons. The number of rotatable bonds is 6. The second-order valence-corrected chi connectivity index (χ2v) is 7.08. The molecule has 0 N–H and O–H groups in total. The Labute approximate surface area is 176 Å². The zero-order chi connectivity index (χ0) is 21.1. The fraction of sp³-hybridized carbons (Fsp3) is 0.143. The Bertz CT molecular complexity index is 1230. The molecule has 2 heterocycles. The quantitative estimate of drug-likeness (QED) is 0.435. The SMILES string of the molecule is COc1cc(OC)cc(-c2noc(-c3nn(-c4cccc(SC)c4)ccc3=O)n2)c1. The first-order valence-electron chi connectivity index (χ1n) is 8.93. The molecule has 30 heavy (non-hydrogen) atoms. The third-order valence-electron chi connectivity index (χ3n) is 4.36. The van der Waals surface area contributed by atoms with Crippen LogP contribution in [0.3, 0.4) is 0 Å². The van der Waals surface area contributed by atoms with E-state index in [1.54, 1.807) is 55.1 Å². The number of hydrogen-bond acceptors (Lipinski definition) is 8. The fourth-order valence-electron chi connectivity index (χ4n) is 2.83. The predicted octanol–water partition coefficient (Wildman–Crippen LogP) is 3.69. The lowest BCUT2D eigenvalue weighted by molar-refractivity contribution is 0.394. The van der Waals surface area contributed by atoms with Crippen molar-refractivity contribution in [2.75, 3.05) is 20.5 Å². The van der Waals surface area contributed by atoms with Crippen LogP contribution in [0.4, 0.5) is 0 Å². The number of aromatic nitrogens is 4. The maximum absolute atomic E-state index is 12.4. The molecule has 0 aliphatic carbocycles. The van der Waals surface area contributed by atoms with Gasteiger partial charge in [0.05, 0.1) is 19.9 Å². The van der Waals surface area contributed by atoms with Gasteiger partial charge in [0.25, 0.3) is 5.89 Å². The molecule has 0 saturated heterocycles. The van der Waals surface area contributed by atoms with Gasteiger partial charge in [0.15, 0.2) is 5.69 Å². The number of methoxy groups -OCH3 is 2. The van der Waals surface area contributed by atoms with Crippen LogP contribution < -0.4 is 14.9 Å². The number of nitrogens with zero attached hydrogens (tertiary/aromatic N) is 4. The van der Waals surface area contributed by atoms with Crippen molar-refractivity contribution in [1.29, 1.82) is 0 Å². The number of benzene rings is 2. The zero-order valence-corrected chi connectivity index (χ0v) is 17.3. The lowest BCUT2D eigenvalue weighted by Crippen LogP contribution is -2.12. The second-order valence-electron chi connectivity index (χ2n) is 6.20. The van der Waals surface area contributed by atoms with Gasteiger partial charge in [-0.05, 0) is 36.6 Å². The first kappa shape index (κ1) is 19.7. The maximum atomic E-state index is 12.4. The van der Waals surface area contributed by atoms with E-state index in [2.05, 4.69) is 15.2 Å². The van der Waals surface area contributed by atoms with Crippen LogP contribution in [0.5, 0.6) is 11.5 Å². The summed E-state index contributed by atoms with van der Waals surface area (Å²) in [6.45, 7) is 0. The van der Waals surface area contributed by atoms with Gasteiger partial charge in [-0.25, -0.2) is 4.68 Å². The molecule has 0 atom stereocenters. The van der Waals surface area contributed by atoms with E-state index in [0.717, 1.165) is 10.6 Å². The van der Waals surface area contributed by atoms with Gasteiger partial charge >= 0.3 is 0 Å². The molecule has 2 aromatic carbocycles. The number of ether oxygens (including phenoxy) is 2. The highest BCUT2D eigenvalue weighted by atomic mass is 32.2. The van der Waals surface area contributed by atoms with E-state index in [4.69, 9.17) is 14.0 Å². The van der Waals surface area contributed by atoms with Crippen molar-refractivity contribution >= 4 is 11.8 Å². The minimum atomic E-state index is -0.314. The molecule has 0 spiro atoms. The molecule has 0 aliphatic rings. The minimum absolute atomic E-state index is 0.0344. The smallest absolute Gasteiger partial charge is 0.282 e. The highest BCUT2D eigenvalue weighted by Crippen LogP contribution is 2.29. The molecule has 0 unspecified atom stereocenters. The van der Waals surface area contributed by atoms with Crippen molar-refractivity contribution < 1.29 is 14.0 Å². The topological polar surface area (TPSA) is 92.3 Å². The van der Waals surface area contributed by atoms with Gasteiger partial charge in [0.2, 0.25) is 11.3 Å². The minimum Gasteiger partial charge on any atom is -0.497 e. The Morgan fingerprint density at radius 2 is 1.80 bits per heavy atom. The summed E-state index contributed by atoms with van der Waals surface area (Å²) in [6.07, 6.45) is 3.60. The summed E-state index contributed by atoms with van der Waals surface area (Å²) >= 11 is 1.62. The first-order valence-corrected chi connectivity index (χ1v) is 10.2. The van der Waals surface area contributed by atoms with Crippen molar-refractivity contribution in [2.45, 2.75) is 4.90 Å². The third-order valence-corrected chi connectivity index (χ3v) is 5.09. The summed E-state index contributed by atoms with van der Waals surface area (Å²) in [7, 11) is 3.12. The average Bonchev–Trinajstić information content (AvgIpc) is 3.29. The van der Waals surface area contributed by atoms with E-state index in [-0.39, 0.29) is 17.0 Å². The van der Waals surface area contributed by atoms with Crippen molar-refractivity contribution in [1.82, 2.24) is 19.9 Å². The molecule has 0 radical (unpaired) electrons. The first-order chi connectivity index (χ1) is 14.6. The largest absolute Gasteiger partial charge is 0.497 e. The summed E-state index contributed by atoms with van der Waals surface area (Å²) < 4.78 is 17.5. The van der Waals surface area contributed by atoms with Gasteiger partial charge in [-0.2, -0.15) is 10.1 Å². The molecule has 8 nitrogen and oxygen atoms in total. The van der Waals surface area contributed by atoms with Gasteiger partial charge < -0.3 is 14.0 Å². The molecular formula is C21H18N4O4S. The Kier molecular flexibility index (Phi) is 5.53. The van der Waals surface area contributed by atoms with Crippen LogP contribution in [0, 0.1) is 0 Å². The van der Waals surface area contributed by atoms with Crippen LogP contribution in [-0.4, -0.2) is 40.4 Å². The fourth-order valence-corrected chi connectivity index (χ4v) is 3.28. The molecule has 9 heteroatoms. The average molecular weight is 422 g/mol. The van der Waals surface area contributed by atoms with E-state index >= 15 is 0 Å². The lowest BCUT2D eigenvalue weighted by Gasteiger charge is -2.07. The second kappa shape index (κ2) is 8.42. The maximum Gasteiger partial charge on any atom is 0.282 e. The van der Waals surface area contributed by atoms with E-state index in [0.29, 0.717) is 22.9 Å². The van der Waals surface area contributed by atoms with Crippen molar-refractivity contribution in [3.63, 3.8) is 0 Å². The highest BCUT2D eigenvalue weighted by Gasteiger charge is 2.17. The number of hydrogen-bond donors (Lipinski definition) is 0. The summed E-state index contributed by atoms with van der Waals surface area (Å²) in [5.74, 6) is 1.50. The summed E-state index contributed by atoms with van der Waals surface area (Å²) in [5.41, 5.74) is 1.21. The molecule has 2 aromatic heterocycles. The van der Waals surface area contributed by atoms with Crippen LogP contribution >= 0.6 is 11.8 Å². The Morgan fingerprint density at radius 1 is 1.03 bits per heavy atom. The standard InChI is InChI=1S/C21H18N4O4S/c1-27-15-9-13(10-16(12-15)28-2)20-22-21(29-24-20)19-18(26)7-8-25(23-19)14-5-4-6-17(11-14)30-3/h4-12H,1-3H3. The van der Waals surface area contributed by atoms with Crippen LogP contribution in [0.2, 0.25) is 0 Å². The summed E-state index contributed by atoms with van der Waals surface area (Å²) in [4.78, 5) is 17.9. The predicted molar refractivity (Wildman–Crippen MR) is 113 cm³/mol. The Morgan fingerprint density at radius 3 is 2.50 bits per heavy atom. The Balaban J connectivity index is 1.74. The van der Waals surface area contributed by atoms with Crippen LogP contribution in [-0.2, 0) is 0 Å². The highest BCUT2D eigenvalue weighted by molar-refractivity contribution is 7.98. The molecule has 0 saturated carbocycles. The van der Waals surface area contributed by atoms with Gasteiger partial charge in [0.1, 0.15) is 11.5 Å². The third kappa shape index (κ3) is 3.92. The molecule has 4 aromatic rings. The van der Waals surface area contributed by atoms with Crippen molar-refractivity contribution in [3.05, 3.63) is 65.0 Å². The van der Waals surface area contributed by atoms with Crippen molar-refractivity contribution in [2.24, 2.45) is 0 Å². The molecule has 0 aliphatic heterocycles. The molecule has 0 amide bonds. The molecular weight excluding hydrogens is 404 g/mol. The normalized spacial score (nSPS) is 10.8. The van der Waals surface area contributed by atoms with E-state index in [9.17, 15) is 4.79 Å². The summed E-state index contributed by atoms with van der Waals surface area (Å²) in [5, 5.41) is 8.41. The van der Waals surface area contributed by atoms with E-state index < -0.39 is 0 Å². The van der Waals surface area contributed by atoms with Crippen LogP contribution in [0.25, 0.3) is 28.7 Å². The summed E-state index contributed by atoms with van der Waals surface area (Å²) in [6, 6.07) is 14.5. The van der Waals surface area contributed by atoms with E-state index in [1.807, 2.05) is 30.5 Å². The zero-order valence-electron chi connectivity index (χ0n) is 16.5. The van der Waals surface area contributed by atoms with E-state index in [1.165, 1.54) is 6.07 Å². The molecule has 0 fully saturated rings. The van der Waals surface area contributed by atoms with Crippen molar-refractivity contribution in [3.8, 4) is 40.2 Å². The number of thioether (sulfide) groups is 1. The van der Waals surface area contributed by atoms with Crippen LogP contribution in [0.15, 0.2) is 68.9 Å². The lowest BCUT2D eigenvalue weighted by atomic mass is 10.2. The Hall–Kier alpha value is -3.59. The molecule has 0 bridgehead atoms. The molecule has 4 rings (SSSR count). The van der Waals surface area contributed by atoms with Gasteiger partial charge in [-0.1, -0.05) is 11.2 Å². The van der Waals surface area contributed by atoms with Gasteiger partial charge in [-0.15, -0.1) is 11.8 Å². The van der Waals surface area contributed by atoms with Crippen LogP contribution in [0.1, 0.15) is 0 Å². The van der Waals surface area contributed by atoms with Gasteiger partial charge in [-0.3, -0.25) is 4.79 Å².